The molecule has 0 amide bonds. The molecule has 0 bridgehead atoms. The van der Waals surface area contributed by atoms with Gasteiger partial charge < -0.3 is 9.64 Å². The number of hydrogen-bond acceptors (Lipinski definition) is 4. The summed E-state index contributed by atoms with van der Waals surface area (Å²) in [6.07, 6.45) is 1.86. The van der Waals surface area contributed by atoms with Gasteiger partial charge in [0.05, 0.1) is 45.1 Å². The number of esters is 1. The van der Waals surface area contributed by atoms with Gasteiger partial charge in [0.25, 0.3) is 0 Å². The summed E-state index contributed by atoms with van der Waals surface area (Å²) in [4.78, 5) is 13.1. The lowest BCUT2D eigenvalue weighted by Gasteiger charge is -2.30. The molecule has 29 heavy (non-hydrogen) atoms. The van der Waals surface area contributed by atoms with E-state index < -0.39 is 0 Å². The summed E-state index contributed by atoms with van der Waals surface area (Å²) in [6.45, 7) is 5.07. The van der Waals surface area contributed by atoms with E-state index in [0.29, 0.717) is 5.56 Å². The van der Waals surface area contributed by atoms with Gasteiger partial charge in [-0.25, -0.2) is 4.79 Å². The highest BCUT2D eigenvalue weighted by Gasteiger charge is 2.19. The fraction of sp³-hybridized carbons (Fsp3) is 0.250. The van der Waals surface area contributed by atoms with Crippen molar-refractivity contribution < 1.29 is 14.4 Å². The van der Waals surface area contributed by atoms with Crippen LogP contribution in [-0.4, -0.2) is 50.5 Å². The zero-order valence-corrected chi connectivity index (χ0v) is 16.7. The molecule has 0 unspecified atom stereocenters. The summed E-state index contributed by atoms with van der Waals surface area (Å²) in [6, 6.07) is 22.5. The number of nitrogens with one attached hydrogen (secondary N) is 1. The van der Waals surface area contributed by atoms with Crippen LogP contribution in [0.1, 0.15) is 21.5 Å². The number of piperazine rings is 1. The molecular weight excluding hydrogens is 362 g/mol. The third kappa shape index (κ3) is 4.63. The van der Waals surface area contributed by atoms with Crippen LogP contribution in [0, 0.1) is 0 Å². The molecule has 0 aromatic heterocycles. The number of quaternary nitrogens is 1. The Labute approximate surface area is 171 Å². The lowest BCUT2D eigenvalue weighted by atomic mass is 10.0. The number of rotatable bonds is 5. The van der Waals surface area contributed by atoms with Crippen molar-refractivity contribution in [3.05, 3.63) is 83.4 Å². The van der Waals surface area contributed by atoms with E-state index in [-0.39, 0.29) is 5.97 Å². The number of carbonyl (C=O) groups excluding carboxylic acids is 1. The number of fused-ring (bicyclic) bond motifs is 1. The number of benzene rings is 3. The minimum absolute atomic E-state index is 0.321. The summed E-state index contributed by atoms with van der Waals surface area (Å²) in [5.41, 5.74) is 2.94. The molecule has 1 heterocycles. The Kier molecular flexibility index (Phi) is 5.86. The van der Waals surface area contributed by atoms with Gasteiger partial charge in [-0.15, -0.1) is 0 Å². The summed E-state index contributed by atoms with van der Waals surface area (Å²) < 4.78 is 4.72. The topological polar surface area (TPSA) is 46.3 Å². The Morgan fingerprint density at radius 1 is 1.03 bits per heavy atom. The molecule has 0 atom stereocenters. The number of nitrogens with zero attached hydrogens (tertiary/aromatic N) is 2. The van der Waals surface area contributed by atoms with Gasteiger partial charge >= 0.3 is 5.97 Å². The van der Waals surface area contributed by atoms with E-state index in [4.69, 9.17) is 4.74 Å². The zero-order valence-electron chi connectivity index (χ0n) is 16.7. The first kappa shape index (κ1) is 19.2. The van der Waals surface area contributed by atoms with Crippen LogP contribution in [0.25, 0.3) is 10.8 Å². The van der Waals surface area contributed by atoms with E-state index in [1.54, 1.807) is 17.0 Å². The van der Waals surface area contributed by atoms with E-state index in [2.05, 4.69) is 52.6 Å². The van der Waals surface area contributed by atoms with Crippen molar-refractivity contribution in [2.45, 2.75) is 6.54 Å². The quantitative estimate of drug-likeness (QED) is 0.539. The van der Waals surface area contributed by atoms with Gasteiger partial charge in [-0.05, 0) is 28.5 Å². The molecule has 4 rings (SSSR count). The maximum atomic E-state index is 11.5. The Balaban J connectivity index is 1.32. The third-order valence-corrected chi connectivity index (χ3v) is 5.47. The van der Waals surface area contributed by atoms with Crippen LogP contribution in [0.15, 0.2) is 71.8 Å². The molecule has 3 aromatic rings. The maximum Gasteiger partial charge on any atom is 0.337 e. The van der Waals surface area contributed by atoms with Crippen molar-refractivity contribution in [2.75, 3.05) is 33.3 Å². The first-order valence-electron chi connectivity index (χ1n) is 10.0. The molecule has 1 N–H and O–H groups in total. The van der Waals surface area contributed by atoms with Gasteiger partial charge in [0.2, 0.25) is 0 Å². The number of hydrogen-bond donors (Lipinski definition) is 1. The predicted molar refractivity (Wildman–Crippen MR) is 115 cm³/mol. The molecule has 0 aliphatic carbocycles. The molecular formula is C24H26N3O2+. The number of carbonyl (C=O) groups is 1. The summed E-state index contributed by atoms with van der Waals surface area (Å²) >= 11 is 0. The summed E-state index contributed by atoms with van der Waals surface area (Å²) in [5, 5.41) is 9.41. The Bertz CT molecular complexity index is 1000. The molecule has 0 radical (unpaired) electrons. The SMILES string of the molecule is COC(=O)c1ccc(/C=N\N2CC[NH+](Cc3cccc4ccccc34)CC2)cc1. The second kappa shape index (κ2) is 8.88. The molecule has 1 saturated heterocycles. The van der Waals surface area contributed by atoms with E-state index in [9.17, 15) is 4.79 Å². The smallest absolute Gasteiger partial charge is 0.337 e. The van der Waals surface area contributed by atoms with Gasteiger partial charge in [-0.1, -0.05) is 54.6 Å². The monoisotopic (exact) mass is 388 g/mol. The fourth-order valence-electron chi connectivity index (χ4n) is 3.79. The van der Waals surface area contributed by atoms with Crippen LogP contribution >= 0.6 is 0 Å². The lowest BCUT2D eigenvalue weighted by molar-refractivity contribution is -0.918. The molecule has 1 fully saturated rings. The molecule has 5 heteroatoms. The van der Waals surface area contributed by atoms with E-state index >= 15 is 0 Å². The Morgan fingerprint density at radius 3 is 2.52 bits per heavy atom. The number of hydrazone groups is 1. The molecule has 0 spiro atoms. The van der Waals surface area contributed by atoms with Gasteiger partial charge in [0.1, 0.15) is 6.54 Å². The van der Waals surface area contributed by atoms with Gasteiger partial charge in [0.15, 0.2) is 0 Å². The Morgan fingerprint density at radius 2 is 1.76 bits per heavy atom. The molecule has 5 nitrogen and oxygen atoms in total. The molecule has 1 aliphatic heterocycles. The van der Waals surface area contributed by atoms with Crippen molar-refractivity contribution in [3.8, 4) is 0 Å². The minimum Gasteiger partial charge on any atom is -0.465 e. The molecule has 0 saturated carbocycles. The average Bonchev–Trinajstić information content (AvgIpc) is 2.79. The normalized spacial score (nSPS) is 15.1. The minimum atomic E-state index is -0.321. The average molecular weight is 388 g/mol. The molecule has 3 aromatic carbocycles. The molecule has 1 aliphatic rings. The van der Waals surface area contributed by atoms with Crippen LogP contribution in [-0.2, 0) is 11.3 Å². The van der Waals surface area contributed by atoms with Crippen LogP contribution in [0.4, 0.5) is 0 Å². The van der Waals surface area contributed by atoms with Crippen molar-refractivity contribution >= 4 is 23.0 Å². The van der Waals surface area contributed by atoms with Crippen LogP contribution in [0.5, 0.6) is 0 Å². The fourth-order valence-corrected chi connectivity index (χ4v) is 3.79. The van der Waals surface area contributed by atoms with Gasteiger partial charge in [0, 0.05) is 5.56 Å². The third-order valence-electron chi connectivity index (χ3n) is 5.47. The molecule has 148 valence electrons. The second-order valence-corrected chi connectivity index (χ2v) is 7.38. The maximum absolute atomic E-state index is 11.5. The van der Waals surface area contributed by atoms with Crippen LogP contribution in [0.2, 0.25) is 0 Å². The standard InChI is InChI=1S/C24H25N3O2/c1-29-24(28)21-11-9-19(10-12-21)17-25-27-15-13-26(14-16-27)18-22-7-4-6-20-5-2-3-8-23(20)22/h2-12,17H,13-16,18H2,1H3/p+1/b25-17-. The van der Waals surface area contributed by atoms with Crippen molar-refractivity contribution in [2.24, 2.45) is 5.10 Å². The first-order valence-corrected chi connectivity index (χ1v) is 10.0. The predicted octanol–water partition coefficient (Wildman–Crippen LogP) is 2.36. The van der Waals surface area contributed by atoms with Crippen LogP contribution < -0.4 is 4.90 Å². The Hall–Kier alpha value is -3.18. The van der Waals surface area contributed by atoms with Gasteiger partial charge in [-0.2, -0.15) is 5.10 Å². The van der Waals surface area contributed by atoms with Crippen molar-refractivity contribution in [1.82, 2.24) is 5.01 Å². The number of methoxy groups -OCH3 is 1. The van der Waals surface area contributed by atoms with E-state index in [1.807, 2.05) is 18.3 Å². The summed E-state index contributed by atoms with van der Waals surface area (Å²) in [7, 11) is 1.39. The lowest BCUT2D eigenvalue weighted by Crippen LogP contribution is -3.13. The highest BCUT2D eigenvalue weighted by atomic mass is 16.5. The van der Waals surface area contributed by atoms with E-state index in [1.165, 1.54) is 23.4 Å². The number of ether oxygens (including phenoxy) is 1. The van der Waals surface area contributed by atoms with Crippen molar-refractivity contribution in [1.29, 1.82) is 0 Å². The van der Waals surface area contributed by atoms with Crippen molar-refractivity contribution in [3.63, 3.8) is 0 Å². The summed E-state index contributed by atoms with van der Waals surface area (Å²) in [5.74, 6) is -0.321. The highest BCUT2D eigenvalue weighted by molar-refractivity contribution is 5.90. The largest absolute Gasteiger partial charge is 0.465 e. The highest BCUT2D eigenvalue weighted by Crippen LogP contribution is 2.17. The van der Waals surface area contributed by atoms with Gasteiger partial charge in [-0.3, -0.25) is 5.01 Å². The zero-order chi connectivity index (χ0) is 20.1. The van der Waals surface area contributed by atoms with Crippen LogP contribution in [0.3, 0.4) is 0 Å². The first-order chi connectivity index (χ1) is 14.2. The second-order valence-electron chi connectivity index (χ2n) is 7.38. The van der Waals surface area contributed by atoms with E-state index in [0.717, 1.165) is 38.3 Å².